The zero-order chi connectivity index (χ0) is 20.4. The van der Waals surface area contributed by atoms with E-state index in [1.807, 2.05) is 23.7 Å². The van der Waals surface area contributed by atoms with Crippen molar-refractivity contribution in [2.24, 2.45) is 0 Å². The predicted octanol–water partition coefficient (Wildman–Crippen LogP) is 2.13. The summed E-state index contributed by atoms with van der Waals surface area (Å²) in [6.07, 6.45) is 11.2. The highest BCUT2D eigenvalue weighted by Crippen LogP contribution is 2.31. The smallest absolute Gasteiger partial charge is 0.159 e. The second-order valence-electron chi connectivity index (χ2n) is 7.37. The van der Waals surface area contributed by atoms with E-state index in [0.717, 1.165) is 55.7 Å². The molecule has 0 aliphatic carbocycles. The Morgan fingerprint density at radius 2 is 2.06 bits per heavy atom. The van der Waals surface area contributed by atoms with Crippen LogP contribution >= 0.6 is 11.3 Å². The predicted molar refractivity (Wildman–Crippen MR) is 119 cm³/mol. The standard InChI is InChI=1S/C22H14N8S/c1-2-17(31-7-1)21-20-14(3-4-25-21)26-22(27-20)19-13-8-12(15-9-23-5-6-24-15)10-30-11-16(30)18(13)28-29-19/h1-10,28H,11H2,(H,26,27). The number of imidazole rings is 1. The molecule has 9 heteroatoms. The van der Waals surface area contributed by atoms with Crippen LogP contribution in [0.25, 0.3) is 50.5 Å². The van der Waals surface area contributed by atoms with Crippen LogP contribution in [0.15, 0.2) is 54.6 Å². The first kappa shape index (κ1) is 16.7. The minimum Gasteiger partial charge on any atom is -0.341 e. The van der Waals surface area contributed by atoms with Crippen molar-refractivity contribution >= 4 is 39.7 Å². The molecule has 0 bridgehead atoms. The van der Waals surface area contributed by atoms with Crippen molar-refractivity contribution in [1.29, 1.82) is 0 Å². The van der Waals surface area contributed by atoms with E-state index in [-0.39, 0.29) is 0 Å². The zero-order valence-corrected chi connectivity index (χ0v) is 16.9. The Morgan fingerprint density at radius 3 is 2.94 bits per heavy atom. The van der Waals surface area contributed by atoms with E-state index in [9.17, 15) is 0 Å². The van der Waals surface area contributed by atoms with Crippen LogP contribution in [0.5, 0.6) is 0 Å². The molecule has 5 aromatic rings. The fraction of sp³-hybridized carbons (Fsp3) is 0.0455. The highest BCUT2D eigenvalue weighted by molar-refractivity contribution is 7.13. The number of aromatic amines is 2. The fourth-order valence-corrected chi connectivity index (χ4v) is 4.68. The van der Waals surface area contributed by atoms with Crippen LogP contribution in [0.1, 0.15) is 5.69 Å². The minimum atomic E-state index is 0.711. The number of rotatable bonds is 3. The molecule has 1 fully saturated rings. The third-order valence-corrected chi connectivity index (χ3v) is 6.37. The molecule has 2 aliphatic heterocycles. The molecule has 8 nitrogen and oxygen atoms in total. The lowest BCUT2D eigenvalue weighted by Crippen LogP contribution is -2.24. The van der Waals surface area contributed by atoms with E-state index in [1.165, 1.54) is 5.70 Å². The summed E-state index contributed by atoms with van der Waals surface area (Å²) < 4.78 is 0. The molecule has 1 saturated heterocycles. The number of fused-ring (bicyclic) bond motifs is 3. The molecule has 0 radical (unpaired) electrons. The van der Waals surface area contributed by atoms with Gasteiger partial charge in [0, 0.05) is 35.6 Å². The second-order valence-corrected chi connectivity index (χ2v) is 8.32. The van der Waals surface area contributed by atoms with Gasteiger partial charge in [-0.05, 0) is 23.6 Å². The molecule has 0 atom stereocenters. The number of nitrogens with zero attached hydrogens (tertiary/aromatic N) is 6. The van der Waals surface area contributed by atoms with Crippen molar-refractivity contribution in [3.63, 3.8) is 0 Å². The maximum Gasteiger partial charge on any atom is 0.159 e. The third kappa shape index (κ3) is 2.57. The molecular weight excluding hydrogens is 408 g/mol. The van der Waals surface area contributed by atoms with E-state index >= 15 is 0 Å². The van der Waals surface area contributed by atoms with Crippen LogP contribution in [0, 0.1) is 0 Å². The second kappa shape index (κ2) is 6.19. The molecular formula is C22H14N8S. The number of hydrogen-bond donors (Lipinski definition) is 2. The molecule has 0 saturated carbocycles. The monoisotopic (exact) mass is 422 g/mol. The van der Waals surface area contributed by atoms with Gasteiger partial charge in [-0.1, -0.05) is 6.07 Å². The molecule has 2 N–H and O–H groups in total. The summed E-state index contributed by atoms with van der Waals surface area (Å²) in [7, 11) is 0. The lowest BCUT2D eigenvalue weighted by atomic mass is 10.1. The van der Waals surface area contributed by atoms with Crippen molar-refractivity contribution in [3.05, 3.63) is 70.8 Å². The van der Waals surface area contributed by atoms with Crippen molar-refractivity contribution < 1.29 is 0 Å². The van der Waals surface area contributed by atoms with Gasteiger partial charge in [0.25, 0.3) is 0 Å². The van der Waals surface area contributed by atoms with Crippen LogP contribution in [-0.4, -0.2) is 46.6 Å². The Balaban J connectivity index is 1.45. The normalized spacial score (nSPS) is 14.6. The van der Waals surface area contributed by atoms with Crippen molar-refractivity contribution in [2.75, 3.05) is 6.54 Å². The Morgan fingerprint density at radius 1 is 1.06 bits per heavy atom. The molecule has 31 heavy (non-hydrogen) atoms. The van der Waals surface area contributed by atoms with Gasteiger partial charge in [-0.25, -0.2) is 4.98 Å². The van der Waals surface area contributed by atoms with E-state index < -0.39 is 0 Å². The van der Waals surface area contributed by atoms with E-state index in [1.54, 1.807) is 29.9 Å². The maximum atomic E-state index is 4.90. The first-order chi connectivity index (χ1) is 15.3. The average Bonchev–Trinajstić information content (AvgIpc) is 3.18. The molecule has 2 aliphatic rings. The summed E-state index contributed by atoms with van der Waals surface area (Å²) in [5, 5.41) is 11.9. The lowest BCUT2D eigenvalue weighted by Gasteiger charge is -2.00. The van der Waals surface area contributed by atoms with Crippen LogP contribution in [0.3, 0.4) is 0 Å². The molecule has 7 rings (SSSR count). The number of allylic oxidation sites excluding steroid dienone is 1. The highest BCUT2D eigenvalue weighted by atomic mass is 32.1. The maximum absolute atomic E-state index is 4.90. The van der Waals surface area contributed by atoms with Crippen LogP contribution in [0.4, 0.5) is 0 Å². The van der Waals surface area contributed by atoms with Gasteiger partial charge in [0.2, 0.25) is 0 Å². The summed E-state index contributed by atoms with van der Waals surface area (Å²) in [5.41, 5.74) is 6.45. The Hall–Kier alpha value is -4.11. The van der Waals surface area contributed by atoms with Gasteiger partial charge in [0.1, 0.15) is 16.9 Å². The Bertz CT molecular complexity index is 1610. The molecule has 0 unspecified atom stereocenters. The van der Waals surface area contributed by atoms with E-state index in [0.29, 0.717) is 5.82 Å². The quantitative estimate of drug-likeness (QED) is 0.432. The van der Waals surface area contributed by atoms with Gasteiger partial charge in [-0.15, -0.1) is 11.3 Å². The van der Waals surface area contributed by atoms with Crippen LogP contribution in [-0.2, 0) is 0 Å². The van der Waals surface area contributed by atoms with Crippen LogP contribution in [0.2, 0.25) is 0 Å². The fourth-order valence-electron chi connectivity index (χ4n) is 3.95. The lowest BCUT2D eigenvalue weighted by molar-refractivity contribution is 0.829. The molecule has 0 spiro atoms. The van der Waals surface area contributed by atoms with Crippen molar-refractivity contribution in [1.82, 2.24) is 40.0 Å². The summed E-state index contributed by atoms with van der Waals surface area (Å²) in [5.74, 6) is 0.711. The molecule has 0 aromatic carbocycles. The minimum absolute atomic E-state index is 0.711. The third-order valence-electron chi connectivity index (χ3n) is 5.49. The number of aromatic nitrogens is 7. The van der Waals surface area contributed by atoms with Gasteiger partial charge in [0.05, 0.1) is 39.9 Å². The van der Waals surface area contributed by atoms with Crippen LogP contribution < -0.4 is 10.6 Å². The molecule has 7 heterocycles. The largest absolute Gasteiger partial charge is 0.341 e. The van der Waals surface area contributed by atoms with Gasteiger partial charge in [0.15, 0.2) is 5.82 Å². The Kier molecular flexibility index (Phi) is 3.33. The number of H-pyrrole nitrogens is 2. The number of nitrogens with one attached hydrogen (secondary N) is 2. The van der Waals surface area contributed by atoms with Crippen molar-refractivity contribution in [3.8, 4) is 22.1 Å². The number of pyridine rings is 1. The van der Waals surface area contributed by atoms with E-state index in [2.05, 4.69) is 53.4 Å². The molecule has 0 amide bonds. The van der Waals surface area contributed by atoms with E-state index in [4.69, 9.17) is 4.98 Å². The summed E-state index contributed by atoms with van der Waals surface area (Å²) >= 11 is 1.65. The Labute approximate surface area is 179 Å². The highest BCUT2D eigenvalue weighted by Gasteiger charge is 2.29. The molecule has 5 aromatic heterocycles. The number of thiophene rings is 1. The van der Waals surface area contributed by atoms with Gasteiger partial charge < -0.3 is 9.88 Å². The van der Waals surface area contributed by atoms with Gasteiger partial charge in [-0.3, -0.25) is 20.1 Å². The zero-order valence-electron chi connectivity index (χ0n) is 16.1. The average molecular weight is 422 g/mol. The molecule has 148 valence electrons. The van der Waals surface area contributed by atoms with Gasteiger partial charge in [-0.2, -0.15) is 5.10 Å². The summed E-state index contributed by atoms with van der Waals surface area (Å²) in [4.78, 5) is 24.9. The number of hydrogen-bond acceptors (Lipinski definition) is 7. The first-order valence-electron chi connectivity index (χ1n) is 9.78. The summed E-state index contributed by atoms with van der Waals surface area (Å²) in [6, 6.07) is 6.03. The summed E-state index contributed by atoms with van der Waals surface area (Å²) in [6.45, 7) is 0.874. The topological polar surface area (TPSA) is 99.0 Å². The SMILES string of the molecule is C1=C(c2cnccn2)C=c2c(-c3nc4c(-c5cccs5)nccc4[nH]3)n[nH]c2=C2CN12. The first-order valence-corrected chi connectivity index (χ1v) is 10.7. The van der Waals surface area contributed by atoms with Gasteiger partial charge >= 0.3 is 0 Å². The van der Waals surface area contributed by atoms with Crippen molar-refractivity contribution in [2.45, 2.75) is 0 Å².